The Balaban J connectivity index is 1.50. The summed E-state index contributed by atoms with van der Waals surface area (Å²) in [6.45, 7) is 8.87. The zero-order chi connectivity index (χ0) is 18.5. The number of aliphatic hydroxyl groups excluding tert-OH is 1. The predicted molar refractivity (Wildman–Crippen MR) is 102 cm³/mol. The first-order valence-electron chi connectivity index (χ1n) is 11.2. The lowest BCUT2D eigenvalue weighted by atomic mass is 9.42. The first-order chi connectivity index (χ1) is 12.2. The lowest BCUT2D eigenvalue weighted by Gasteiger charge is -2.61. The summed E-state index contributed by atoms with van der Waals surface area (Å²) in [5.41, 5.74) is 0.127. The van der Waals surface area contributed by atoms with Gasteiger partial charge < -0.3 is 14.9 Å². The highest BCUT2D eigenvalue weighted by molar-refractivity contribution is 5.17. The quantitative estimate of drug-likeness (QED) is 0.736. The molecule has 148 valence electrons. The van der Waals surface area contributed by atoms with Crippen molar-refractivity contribution in [1.29, 1.82) is 0 Å². The van der Waals surface area contributed by atoms with E-state index in [-0.39, 0.29) is 6.10 Å². The molecule has 0 amide bonds. The van der Waals surface area contributed by atoms with Crippen LogP contribution in [-0.4, -0.2) is 34.1 Å². The second-order valence-corrected chi connectivity index (χ2v) is 11.3. The van der Waals surface area contributed by atoms with E-state index >= 15 is 0 Å². The van der Waals surface area contributed by atoms with Crippen LogP contribution in [0.25, 0.3) is 0 Å². The largest absolute Gasteiger partial charge is 0.393 e. The number of hydrogen-bond donors (Lipinski definition) is 2. The van der Waals surface area contributed by atoms with Crippen molar-refractivity contribution in [1.82, 2.24) is 0 Å². The monoisotopic (exact) mass is 362 g/mol. The number of hydrogen-bond acceptors (Lipinski definition) is 3. The number of fused-ring (bicyclic) bond motifs is 3. The van der Waals surface area contributed by atoms with Gasteiger partial charge in [-0.25, -0.2) is 0 Å². The van der Waals surface area contributed by atoms with Crippen molar-refractivity contribution in [3.8, 4) is 0 Å². The van der Waals surface area contributed by atoms with Gasteiger partial charge in [-0.3, -0.25) is 0 Å². The van der Waals surface area contributed by atoms with Crippen molar-refractivity contribution < 1.29 is 14.9 Å². The Morgan fingerprint density at radius 2 is 1.77 bits per heavy atom. The fourth-order valence-electron chi connectivity index (χ4n) is 9.27. The first kappa shape index (κ1) is 17.9. The smallest absolute Gasteiger partial charge is 0.0623 e. The summed E-state index contributed by atoms with van der Waals surface area (Å²) in [7, 11) is 0. The SMILES string of the molecule is CC(O)C1CC[C@H]2[C@@H]3C[C@H]4O[C@H](C)C5(CC[C@@](C)(O)CC45)C3CC[C@]12C. The highest BCUT2D eigenvalue weighted by Crippen LogP contribution is 2.72. The number of rotatable bonds is 1. The highest BCUT2D eigenvalue weighted by Gasteiger charge is 2.69. The Hall–Kier alpha value is -0.120. The van der Waals surface area contributed by atoms with Crippen LogP contribution in [0.5, 0.6) is 0 Å². The van der Waals surface area contributed by atoms with Gasteiger partial charge in [0.2, 0.25) is 0 Å². The summed E-state index contributed by atoms with van der Waals surface area (Å²) in [5.74, 6) is 3.33. The van der Waals surface area contributed by atoms with Gasteiger partial charge in [0.25, 0.3) is 0 Å². The van der Waals surface area contributed by atoms with Gasteiger partial charge in [0.1, 0.15) is 0 Å². The lowest BCUT2D eigenvalue weighted by molar-refractivity contribution is -0.146. The van der Waals surface area contributed by atoms with Crippen LogP contribution < -0.4 is 0 Å². The summed E-state index contributed by atoms with van der Waals surface area (Å²) in [6, 6.07) is 0. The molecule has 1 saturated heterocycles. The summed E-state index contributed by atoms with van der Waals surface area (Å²) in [5, 5.41) is 21.2. The molecule has 2 N–H and O–H groups in total. The van der Waals surface area contributed by atoms with E-state index in [0.717, 1.165) is 37.0 Å². The molecule has 5 rings (SSSR count). The summed E-state index contributed by atoms with van der Waals surface area (Å²) < 4.78 is 6.60. The first-order valence-corrected chi connectivity index (χ1v) is 11.2. The minimum absolute atomic E-state index is 0.173. The Kier molecular flexibility index (Phi) is 3.78. The van der Waals surface area contributed by atoms with Crippen LogP contribution in [0.4, 0.5) is 0 Å². The van der Waals surface area contributed by atoms with Crippen molar-refractivity contribution in [2.45, 2.75) is 103 Å². The molecule has 3 heteroatoms. The van der Waals surface area contributed by atoms with Crippen molar-refractivity contribution in [3.05, 3.63) is 0 Å². The van der Waals surface area contributed by atoms with E-state index in [9.17, 15) is 10.2 Å². The molecular formula is C23H38O3. The molecule has 11 atom stereocenters. The predicted octanol–water partition coefficient (Wildman–Crippen LogP) is 4.15. The molecule has 26 heavy (non-hydrogen) atoms. The summed E-state index contributed by atoms with van der Waals surface area (Å²) in [6.07, 6.45) is 9.82. The Bertz CT molecular complexity index is 586. The van der Waals surface area contributed by atoms with Crippen molar-refractivity contribution >= 4 is 0 Å². The van der Waals surface area contributed by atoms with Gasteiger partial charge in [-0.2, -0.15) is 0 Å². The molecule has 4 saturated carbocycles. The fraction of sp³-hybridized carbons (Fsp3) is 1.00. The number of aliphatic hydroxyl groups is 2. The lowest BCUT2D eigenvalue weighted by Crippen LogP contribution is -2.59. The van der Waals surface area contributed by atoms with Crippen LogP contribution in [0, 0.1) is 40.4 Å². The van der Waals surface area contributed by atoms with E-state index in [1.807, 2.05) is 13.8 Å². The van der Waals surface area contributed by atoms with Crippen molar-refractivity contribution in [3.63, 3.8) is 0 Å². The van der Waals surface area contributed by atoms with Gasteiger partial charge in [-0.1, -0.05) is 6.92 Å². The van der Waals surface area contributed by atoms with E-state index in [4.69, 9.17) is 4.74 Å². The molecule has 3 nitrogen and oxygen atoms in total. The van der Waals surface area contributed by atoms with E-state index < -0.39 is 5.60 Å². The summed E-state index contributed by atoms with van der Waals surface area (Å²) >= 11 is 0. The molecule has 0 aromatic rings. The van der Waals surface area contributed by atoms with Crippen LogP contribution in [0.3, 0.4) is 0 Å². The number of ether oxygens (including phenoxy) is 1. The van der Waals surface area contributed by atoms with E-state index in [1.54, 1.807) is 0 Å². The molecule has 0 aromatic heterocycles. The third-order valence-corrected chi connectivity index (χ3v) is 10.3. The van der Waals surface area contributed by atoms with Gasteiger partial charge >= 0.3 is 0 Å². The molecular weight excluding hydrogens is 324 g/mol. The van der Waals surface area contributed by atoms with Crippen LogP contribution >= 0.6 is 0 Å². The Labute approximate surface area is 158 Å². The molecule has 0 radical (unpaired) electrons. The van der Waals surface area contributed by atoms with Gasteiger partial charge in [0.05, 0.1) is 23.9 Å². The molecule has 1 aliphatic heterocycles. The third-order valence-electron chi connectivity index (χ3n) is 10.3. The van der Waals surface area contributed by atoms with E-state index in [1.165, 1.54) is 32.1 Å². The van der Waals surface area contributed by atoms with E-state index in [0.29, 0.717) is 34.9 Å². The summed E-state index contributed by atoms with van der Waals surface area (Å²) in [4.78, 5) is 0. The molecule has 2 bridgehead atoms. The van der Waals surface area contributed by atoms with Crippen LogP contribution in [0.2, 0.25) is 0 Å². The van der Waals surface area contributed by atoms with Crippen LogP contribution in [0.1, 0.15) is 79.1 Å². The maximum Gasteiger partial charge on any atom is 0.0623 e. The molecule has 5 aliphatic rings. The molecule has 5 unspecified atom stereocenters. The maximum atomic E-state index is 10.8. The van der Waals surface area contributed by atoms with Crippen molar-refractivity contribution in [2.24, 2.45) is 40.4 Å². The molecule has 0 aromatic carbocycles. The molecule has 1 heterocycles. The van der Waals surface area contributed by atoms with Crippen molar-refractivity contribution in [2.75, 3.05) is 0 Å². The highest BCUT2D eigenvalue weighted by atomic mass is 16.5. The zero-order valence-corrected chi connectivity index (χ0v) is 17.1. The molecule has 5 fully saturated rings. The average molecular weight is 363 g/mol. The Morgan fingerprint density at radius 1 is 1.00 bits per heavy atom. The Morgan fingerprint density at radius 3 is 2.50 bits per heavy atom. The minimum Gasteiger partial charge on any atom is -0.393 e. The van der Waals surface area contributed by atoms with Crippen LogP contribution in [-0.2, 0) is 4.74 Å². The maximum absolute atomic E-state index is 10.8. The second-order valence-electron chi connectivity index (χ2n) is 11.3. The standard InChI is InChI=1S/C23H38O3/c1-13(24)16-5-6-17-15-11-20-19-12-21(3,25)9-10-23(19,14(2)26-20)18(15)7-8-22(16,17)4/h13-20,24-25H,5-12H2,1-4H3/t13?,14-,15+,16?,17+,18?,19?,20-,21-,22-,23?/m1/s1. The van der Waals surface area contributed by atoms with Gasteiger partial charge in [0, 0.05) is 5.41 Å². The van der Waals surface area contributed by atoms with Gasteiger partial charge in [-0.05, 0) is 107 Å². The van der Waals surface area contributed by atoms with Gasteiger partial charge in [-0.15, -0.1) is 0 Å². The van der Waals surface area contributed by atoms with E-state index in [2.05, 4.69) is 13.8 Å². The molecule has 0 spiro atoms. The zero-order valence-electron chi connectivity index (χ0n) is 17.1. The third kappa shape index (κ3) is 2.12. The normalized spacial score (nSPS) is 62.3. The topological polar surface area (TPSA) is 49.7 Å². The van der Waals surface area contributed by atoms with Crippen LogP contribution in [0.15, 0.2) is 0 Å². The molecule has 4 aliphatic carbocycles. The second kappa shape index (κ2) is 5.48. The minimum atomic E-state index is -0.499. The van der Waals surface area contributed by atoms with Gasteiger partial charge in [0.15, 0.2) is 0 Å². The average Bonchev–Trinajstić information content (AvgIpc) is 2.99. The fourth-order valence-corrected chi connectivity index (χ4v) is 9.27.